The Balaban J connectivity index is 2.73. The van der Waals surface area contributed by atoms with Crippen molar-refractivity contribution in [3.63, 3.8) is 0 Å². The standard InChI is InChI=1S/C11H16N2S/c1-4-9(3)14-11(12)10-7-13-6-5-8(10)2/h12-13H,1,5-7H2,2-3H3. The average Bonchev–Trinajstić information content (AvgIpc) is 2.18. The summed E-state index contributed by atoms with van der Waals surface area (Å²) in [5, 5.41) is 11.8. The highest BCUT2D eigenvalue weighted by atomic mass is 32.2. The van der Waals surface area contributed by atoms with E-state index in [-0.39, 0.29) is 0 Å². The van der Waals surface area contributed by atoms with Crippen LogP contribution in [0.4, 0.5) is 0 Å². The van der Waals surface area contributed by atoms with Crippen LogP contribution in [0.2, 0.25) is 0 Å². The van der Waals surface area contributed by atoms with Crippen molar-refractivity contribution in [2.45, 2.75) is 20.3 Å². The molecule has 0 bridgehead atoms. The Bertz CT molecular complexity index is 322. The summed E-state index contributed by atoms with van der Waals surface area (Å²) in [5.41, 5.74) is 5.26. The molecular weight excluding hydrogens is 192 g/mol. The zero-order valence-electron chi connectivity index (χ0n) is 8.74. The summed E-state index contributed by atoms with van der Waals surface area (Å²) in [4.78, 5) is 0.959. The number of allylic oxidation sites excluding steroid dienone is 1. The maximum absolute atomic E-state index is 7.92. The molecule has 0 aromatic carbocycles. The number of thioether (sulfide) groups is 1. The van der Waals surface area contributed by atoms with Gasteiger partial charge in [-0.1, -0.05) is 23.9 Å². The molecule has 1 aliphatic rings. The lowest BCUT2D eigenvalue weighted by Gasteiger charge is -2.19. The average molecular weight is 208 g/mol. The van der Waals surface area contributed by atoms with Crippen molar-refractivity contribution in [3.05, 3.63) is 28.4 Å². The summed E-state index contributed by atoms with van der Waals surface area (Å²) in [6.07, 6.45) is 1.05. The zero-order valence-corrected chi connectivity index (χ0v) is 9.55. The summed E-state index contributed by atoms with van der Waals surface area (Å²) in [6, 6.07) is 0. The highest BCUT2D eigenvalue weighted by molar-refractivity contribution is 8.17. The number of hydrogen-bond donors (Lipinski definition) is 2. The van der Waals surface area contributed by atoms with Gasteiger partial charge in [0, 0.05) is 11.4 Å². The molecule has 0 spiro atoms. The molecule has 0 unspecified atom stereocenters. The first-order chi connectivity index (χ1) is 6.65. The highest BCUT2D eigenvalue weighted by Crippen LogP contribution is 2.23. The Kier molecular flexibility index (Phi) is 4.21. The Labute approximate surface area is 89.7 Å². The first kappa shape index (κ1) is 11.3. The fraction of sp³-hybridized carbons (Fsp3) is 0.455. The third-order valence-corrected chi connectivity index (χ3v) is 3.17. The quantitative estimate of drug-likeness (QED) is 0.416. The van der Waals surface area contributed by atoms with E-state index in [1.165, 1.54) is 17.3 Å². The van der Waals surface area contributed by atoms with Gasteiger partial charge in [0.25, 0.3) is 0 Å². The third-order valence-electron chi connectivity index (χ3n) is 2.27. The Morgan fingerprint density at radius 3 is 2.93 bits per heavy atom. The predicted molar refractivity (Wildman–Crippen MR) is 63.8 cm³/mol. The van der Waals surface area contributed by atoms with Crippen molar-refractivity contribution >= 4 is 16.8 Å². The second-order valence-electron chi connectivity index (χ2n) is 3.35. The summed E-state index contributed by atoms with van der Waals surface area (Å²) >= 11 is 1.44. The van der Waals surface area contributed by atoms with Crippen LogP contribution in [0.15, 0.2) is 28.4 Å². The maximum atomic E-state index is 7.92. The van der Waals surface area contributed by atoms with E-state index in [0.29, 0.717) is 5.04 Å². The van der Waals surface area contributed by atoms with Crippen molar-refractivity contribution in [1.82, 2.24) is 5.32 Å². The molecule has 0 aromatic rings. The fourth-order valence-corrected chi connectivity index (χ4v) is 2.06. The van der Waals surface area contributed by atoms with E-state index < -0.39 is 0 Å². The number of rotatable bonds is 2. The van der Waals surface area contributed by atoms with Gasteiger partial charge in [0.15, 0.2) is 0 Å². The molecule has 0 aliphatic carbocycles. The number of hydrogen-bond acceptors (Lipinski definition) is 3. The molecule has 0 amide bonds. The lowest BCUT2D eigenvalue weighted by molar-refractivity contribution is 0.692. The molecule has 2 N–H and O–H groups in total. The molecule has 1 heterocycles. The fourth-order valence-electron chi connectivity index (χ4n) is 1.32. The molecule has 76 valence electrons. The van der Waals surface area contributed by atoms with E-state index in [1.807, 2.05) is 6.92 Å². The highest BCUT2D eigenvalue weighted by Gasteiger charge is 2.13. The van der Waals surface area contributed by atoms with E-state index in [1.54, 1.807) is 0 Å². The normalized spacial score (nSPS) is 16.4. The smallest absolute Gasteiger partial charge is 0.0964 e. The van der Waals surface area contributed by atoms with Gasteiger partial charge in [-0.25, -0.2) is 0 Å². The monoisotopic (exact) mass is 208 g/mol. The SMILES string of the molecule is C=C=C(C)SC(=N)C1=C(C)CCNC1. The molecule has 0 saturated heterocycles. The van der Waals surface area contributed by atoms with E-state index >= 15 is 0 Å². The number of nitrogens with one attached hydrogen (secondary N) is 2. The Hall–Kier alpha value is -0.760. The molecule has 0 fully saturated rings. The van der Waals surface area contributed by atoms with Gasteiger partial charge in [-0.05, 0) is 32.4 Å². The van der Waals surface area contributed by atoms with E-state index in [2.05, 4.69) is 24.6 Å². The molecule has 0 aromatic heterocycles. The van der Waals surface area contributed by atoms with E-state index in [4.69, 9.17) is 5.41 Å². The molecule has 1 aliphatic heterocycles. The van der Waals surface area contributed by atoms with Crippen molar-refractivity contribution in [2.75, 3.05) is 13.1 Å². The summed E-state index contributed by atoms with van der Waals surface area (Å²) in [6.45, 7) is 9.46. The summed E-state index contributed by atoms with van der Waals surface area (Å²) in [7, 11) is 0. The first-order valence-electron chi connectivity index (χ1n) is 4.68. The third kappa shape index (κ3) is 2.88. The lowest BCUT2D eigenvalue weighted by Crippen LogP contribution is -2.27. The Morgan fingerprint density at radius 1 is 1.64 bits per heavy atom. The van der Waals surface area contributed by atoms with Gasteiger partial charge in [-0.15, -0.1) is 5.73 Å². The van der Waals surface area contributed by atoms with Gasteiger partial charge in [0.05, 0.1) is 5.04 Å². The second-order valence-corrected chi connectivity index (χ2v) is 4.57. The first-order valence-corrected chi connectivity index (χ1v) is 5.49. The zero-order chi connectivity index (χ0) is 10.6. The minimum atomic E-state index is 0.628. The molecule has 0 saturated carbocycles. The summed E-state index contributed by atoms with van der Waals surface area (Å²) in [5.74, 6) is 0. The second kappa shape index (κ2) is 5.20. The molecule has 1 rings (SSSR count). The van der Waals surface area contributed by atoms with E-state index in [9.17, 15) is 0 Å². The van der Waals surface area contributed by atoms with Crippen LogP contribution in [0, 0.1) is 5.41 Å². The minimum absolute atomic E-state index is 0.628. The van der Waals surface area contributed by atoms with Crippen LogP contribution in [0.5, 0.6) is 0 Å². The molecule has 3 heteroatoms. The molecular formula is C11H16N2S. The van der Waals surface area contributed by atoms with Crippen LogP contribution in [0.1, 0.15) is 20.3 Å². The largest absolute Gasteiger partial charge is 0.312 e. The van der Waals surface area contributed by atoms with Gasteiger partial charge in [-0.3, -0.25) is 5.41 Å². The van der Waals surface area contributed by atoms with Crippen LogP contribution in [-0.4, -0.2) is 18.1 Å². The van der Waals surface area contributed by atoms with Crippen LogP contribution < -0.4 is 5.32 Å². The van der Waals surface area contributed by atoms with Crippen molar-refractivity contribution in [1.29, 1.82) is 5.41 Å². The van der Waals surface area contributed by atoms with Gasteiger partial charge in [-0.2, -0.15) is 0 Å². The van der Waals surface area contributed by atoms with Crippen LogP contribution >= 0.6 is 11.8 Å². The molecule has 0 atom stereocenters. The topological polar surface area (TPSA) is 35.9 Å². The van der Waals surface area contributed by atoms with Gasteiger partial charge >= 0.3 is 0 Å². The van der Waals surface area contributed by atoms with Crippen molar-refractivity contribution in [3.8, 4) is 0 Å². The summed E-state index contributed by atoms with van der Waals surface area (Å²) < 4.78 is 0. The van der Waals surface area contributed by atoms with Crippen LogP contribution in [0.3, 0.4) is 0 Å². The molecule has 0 radical (unpaired) electrons. The van der Waals surface area contributed by atoms with Crippen LogP contribution in [0.25, 0.3) is 0 Å². The Morgan fingerprint density at radius 2 is 2.36 bits per heavy atom. The van der Waals surface area contributed by atoms with Gasteiger partial charge < -0.3 is 5.32 Å². The molecule has 2 nitrogen and oxygen atoms in total. The predicted octanol–water partition coefficient (Wildman–Crippen LogP) is 2.70. The lowest BCUT2D eigenvalue weighted by atomic mass is 10.0. The van der Waals surface area contributed by atoms with Gasteiger partial charge in [0.2, 0.25) is 0 Å². The minimum Gasteiger partial charge on any atom is -0.312 e. The maximum Gasteiger partial charge on any atom is 0.0964 e. The molecule has 14 heavy (non-hydrogen) atoms. The van der Waals surface area contributed by atoms with Gasteiger partial charge in [0.1, 0.15) is 0 Å². The van der Waals surface area contributed by atoms with Crippen molar-refractivity contribution < 1.29 is 0 Å². The van der Waals surface area contributed by atoms with Crippen molar-refractivity contribution in [2.24, 2.45) is 0 Å². The van der Waals surface area contributed by atoms with Crippen LogP contribution in [-0.2, 0) is 0 Å². The van der Waals surface area contributed by atoms with E-state index in [0.717, 1.165) is 30.0 Å².